The number of hydrogen-bond acceptors (Lipinski definition) is 10. The summed E-state index contributed by atoms with van der Waals surface area (Å²) in [5.41, 5.74) is 5.57. The summed E-state index contributed by atoms with van der Waals surface area (Å²) in [4.78, 5) is 46.3. The van der Waals surface area contributed by atoms with Crippen LogP contribution in [-0.4, -0.2) is 73.1 Å². The van der Waals surface area contributed by atoms with Crippen molar-refractivity contribution in [3.8, 4) is 17.1 Å². The highest BCUT2D eigenvalue weighted by molar-refractivity contribution is 5.95. The molecule has 0 aromatic carbocycles. The number of rotatable bonds is 4. The molecule has 3 aromatic heterocycles. The van der Waals surface area contributed by atoms with Gasteiger partial charge in [-0.2, -0.15) is 4.98 Å². The van der Waals surface area contributed by atoms with Crippen LogP contribution in [0.5, 0.6) is 5.75 Å². The van der Waals surface area contributed by atoms with Crippen molar-refractivity contribution in [2.45, 2.75) is 69.9 Å². The van der Waals surface area contributed by atoms with Crippen molar-refractivity contribution in [2.24, 2.45) is 0 Å². The molecule has 0 unspecified atom stereocenters. The zero-order chi connectivity index (χ0) is 27.4. The molecule has 12 heteroatoms. The van der Waals surface area contributed by atoms with E-state index in [0.29, 0.717) is 36.2 Å². The second kappa shape index (κ2) is 9.37. The third kappa shape index (κ3) is 4.73. The highest BCUT2D eigenvalue weighted by Gasteiger charge is 2.43. The summed E-state index contributed by atoms with van der Waals surface area (Å²) in [7, 11) is 0. The number of pyridine rings is 1. The number of likely N-dealkylation sites (tertiary alicyclic amines) is 1. The highest BCUT2D eigenvalue weighted by atomic mass is 16.5. The molecule has 39 heavy (non-hydrogen) atoms. The van der Waals surface area contributed by atoms with Gasteiger partial charge in [0.15, 0.2) is 5.82 Å². The second-order valence-electron chi connectivity index (χ2n) is 11.7. The molecule has 0 bridgehead atoms. The average molecular weight is 534 g/mol. The Kier molecular flexibility index (Phi) is 6.09. The number of amides is 2. The third-order valence-electron chi connectivity index (χ3n) is 7.84. The van der Waals surface area contributed by atoms with Gasteiger partial charge in [0.2, 0.25) is 0 Å². The summed E-state index contributed by atoms with van der Waals surface area (Å²) in [6, 6.07) is 2.07. The molecule has 2 fully saturated rings. The molecule has 0 radical (unpaired) electrons. The molecule has 12 nitrogen and oxygen atoms in total. The van der Waals surface area contributed by atoms with Gasteiger partial charge in [0.05, 0.1) is 24.3 Å². The van der Waals surface area contributed by atoms with Crippen molar-refractivity contribution in [3.05, 3.63) is 41.7 Å². The Morgan fingerprint density at radius 3 is 2.49 bits per heavy atom. The van der Waals surface area contributed by atoms with Crippen LogP contribution >= 0.6 is 0 Å². The maximum Gasteiger partial charge on any atom is 0.331 e. The van der Waals surface area contributed by atoms with Crippen LogP contribution in [0, 0.1) is 0 Å². The molecule has 3 aliphatic rings. The van der Waals surface area contributed by atoms with E-state index in [1.165, 1.54) is 11.1 Å². The molecule has 0 saturated carbocycles. The van der Waals surface area contributed by atoms with Gasteiger partial charge in [-0.05, 0) is 18.9 Å². The Labute approximate surface area is 226 Å². The van der Waals surface area contributed by atoms with Gasteiger partial charge < -0.3 is 19.1 Å². The Bertz CT molecular complexity index is 1410. The first-order valence-electron chi connectivity index (χ1n) is 13.4. The summed E-state index contributed by atoms with van der Waals surface area (Å²) in [5, 5.41) is 4.15. The van der Waals surface area contributed by atoms with Gasteiger partial charge in [-0.3, -0.25) is 20.5 Å². The van der Waals surface area contributed by atoms with E-state index in [1.807, 2.05) is 6.07 Å². The predicted molar refractivity (Wildman–Crippen MR) is 139 cm³/mol. The SMILES string of the molecule is CC(C)(C)c1noc(N2CCC3(CC2)Cc2cc(-c4cnc(C(=O)N5CCC[C@H]5C([NH3+])=O)cn4)ncc2O3)n1. The van der Waals surface area contributed by atoms with Crippen LogP contribution in [0.2, 0.25) is 0 Å². The Morgan fingerprint density at radius 2 is 1.82 bits per heavy atom. The molecule has 204 valence electrons. The monoisotopic (exact) mass is 533 g/mol. The quantitative estimate of drug-likeness (QED) is 0.522. The van der Waals surface area contributed by atoms with E-state index in [-0.39, 0.29) is 28.5 Å². The van der Waals surface area contributed by atoms with Crippen molar-refractivity contribution in [1.82, 2.24) is 30.0 Å². The van der Waals surface area contributed by atoms with Crippen LogP contribution in [0.3, 0.4) is 0 Å². The summed E-state index contributed by atoms with van der Waals surface area (Å²) in [5.74, 6) is 0.947. The molecule has 6 rings (SSSR count). The predicted octanol–water partition coefficient (Wildman–Crippen LogP) is 1.57. The van der Waals surface area contributed by atoms with E-state index in [4.69, 9.17) is 9.26 Å². The van der Waals surface area contributed by atoms with Gasteiger partial charge in [-0.1, -0.05) is 25.9 Å². The lowest BCUT2D eigenvalue weighted by Gasteiger charge is -2.37. The van der Waals surface area contributed by atoms with Crippen LogP contribution in [-0.2, 0) is 16.6 Å². The van der Waals surface area contributed by atoms with Gasteiger partial charge in [-0.25, -0.2) is 9.78 Å². The molecule has 3 aliphatic heterocycles. The molecule has 1 atom stereocenters. The van der Waals surface area contributed by atoms with E-state index in [2.05, 4.69) is 56.5 Å². The fourth-order valence-corrected chi connectivity index (χ4v) is 5.57. The van der Waals surface area contributed by atoms with Crippen molar-refractivity contribution in [1.29, 1.82) is 0 Å². The molecule has 3 aromatic rings. The van der Waals surface area contributed by atoms with Crippen molar-refractivity contribution < 1.29 is 24.6 Å². The van der Waals surface area contributed by atoms with Crippen LogP contribution < -0.4 is 15.4 Å². The normalized spacial score (nSPS) is 20.3. The van der Waals surface area contributed by atoms with Crippen molar-refractivity contribution in [2.75, 3.05) is 24.5 Å². The number of piperidine rings is 1. The number of aromatic nitrogens is 5. The fourth-order valence-electron chi connectivity index (χ4n) is 5.57. The highest BCUT2D eigenvalue weighted by Crippen LogP contribution is 2.42. The van der Waals surface area contributed by atoms with E-state index >= 15 is 0 Å². The summed E-state index contributed by atoms with van der Waals surface area (Å²) < 4.78 is 12.0. The first-order valence-corrected chi connectivity index (χ1v) is 13.4. The molecular weight excluding hydrogens is 500 g/mol. The number of anilines is 1. The van der Waals surface area contributed by atoms with Gasteiger partial charge in [0.1, 0.15) is 28.8 Å². The lowest BCUT2D eigenvalue weighted by atomic mass is 9.87. The molecule has 1 spiro atoms. The zero-order valence-corrected chi connectivity index (χ0v) is 22.5. The van der Waals surface area contributed by atoms with E-state index in [9.17, 15) is 9.59 Å². The van der Waals surface area contributed by atoms with E-state index in [1.54, 1.807) is 12.4 Å². The summed E-state index contributed by atoms with van der Waals surface area (Å²) >= 11 is 0. The maximum absolute atomic E-state index is 12.9. The van der Waals surface area contributed by atoms with E-state index in [0.717, 1.165) is 50.1 Å². The second-order valence-corrected chi connectivity index (χ2v) is 11.7. The molecule has 0 aliphatic carbocycles. The zero-order valence-electron chi connectivity index (χ0n) is 22.5. The number of carbonyl (C=O) groups excluding carboxylic acids is 2. The average Bonchev–Trinajstić information content (AvgIpc) is 3.67. The first-order chi connectivity index (χ1) is 18.6. The number of nitrogens with zero attached hydrogens (tertiary/aromatic N) is 7. The summed E-state index contributed by atoms with van der Waals surface area (Å²) in [6.45, 7) is 8.24. The van der Waals surface area contributed by atoms with Gasteiger partial charge >= 0.3 is 11.9 Å². The minimum Gasteiger partial charge on any atom is -0.485 e. The molecular formula is C27H33N8O4+. The Balaban J connectivity index is 1.12. The number of ether oxygens (including phenoxy) is 1. The Morgan fingerprint density at radius 1 is 1.05 bits per heavy atom. The number of hydrogen-bond donors (Lipinski definition) is 1. The van der Waals surface area contributed by atoms with Crippen LogP contribution in [0.4, 0.5) is 6.01 Å². The first kappa shape index (κ1) is 25.4. The van der Waals surface area contributed by atoms with Gasteiger partial charge in [0.25, 0.3) is 5.91 Å². The smallest absolute Gasteiger partial charge is 0.331 e. The van der Waals surface area contributed by atoms with E-state index < -0.39 is 6.04 Å². The summed E-state index contributed by atoms with van der Waals surface area (Å²) in [6.07, 6.45) is 8.60. The minimum absolute atomic E-state index is 0.163. The fraction of sp³-hybridized carbons (Fsp3) is 0.519. The minimum atomic E-state index is -0.482. The topological polar surface area (TPSA) is 155 Å². The van der Waals surface area contributed by atoms with Crippen molar-refractivity contribution >= 4 is 17.8 Å². The molecule has 3 N–H and O–H groups in total. The standard InChI is InChI=1S/C27H32N8O4/c1-26(2,3)24-32-25(39-33-24)34-9-6-27(7-10-34)12-16-11-17(31-15-21(16)38-27)18-13-30-19(14-29-18)23(37)35-8-4-5-20(35)22(28)36/h11,13-15,20H,4-10,12H2,1-3H3,(H2,28,36)/p+1/t20-/m0/s1. The molecule has 6 heterocycles. The lowest BCUT2D eigenvalue weighted by molar-refractivity contribution is -0.310. The van der Waals surface area contributed by atoms with Crippen LogP contribution in [0.1, 0.15) is 68.3 Å². The Hall–Kier alpha value is -3.93. The number of fused-ring (bicyclic) bond motifs is 1. The lowest BCUT2D eigenvalue weighted by Crippen LogP contribution is -2.65. The van der Waals surface area contributed by atoms with Gasteiger partial charge in [-0.15, -0.1) is 0 Å². The molecule has 2 saturated heterocycles. The number of carbonyl (C=O) groups is 2. The van der Waals surface area contributed by atoms with Crippen LogP contribution in [0.25, 0.3) is 11.4 Å². The largest absolute Gasteiger partial charge is 0.485 e. The van der Waals surface area contributed by atoms with Crippen LogP contribution in [0.15, 0.2) is 29.2 Å². The number of quaternary nitrogens is 1. The molecule has 2 amide bonds. The maximum atomic E-state index is 12.9. The third-order valence-corrected chi connectivity index (χ3v) is 7.84. The van der Waals surface area contributed by atoms with Gasteiger partial charge in [0, 0.05) is 49.9 Å². The van der Waals surface area contributed by atoms with Crippen molar-refractivity contribution in [3.63, 3.8) is 0 Å².